The van der Waals surface area contributed by atoms with E-state index in [1.165, 1.54) is 38.6 Å². The molecule has 2 aliphatic rings. The Labute approximate surface area is 297 Å². The van der Waals surface area contributed by atoms with Crippen LogP contribution in [0.25, 0.3) is 49.9 Å². The molecule has 0 spiro atoms. The van der Waals surface area contributed by atoms with Crippen LogP contribution in [0.4, 0.5) is 0 Å². The highest BCUT2D eigenvalue weighted by molar-refractivity contribution is 6.23. The largest absolute Gasteiger partial charge is 0.493 e. The minimum Gasteiger partial charge on any atom is -0.493 e. The SMILES string of the molecule is CCCOc1ccc2c(-c3cc4ccc5c(c4cc3C)C(C)(C)CC3=C5C=CC(C)(C)C3)cccc2c1C=C(C(=O)OCC)c1ccccc1. The highest BCUT2D eigenvalue weighted by Gasteiger charge is 2.36. The highest BCUT2D eigenvalue weighted by atomic mass is 16.5. The van der Waals surface area contributed by atoms with Gasteiger partial charge >= 0.3 is 5.97 Å². The Bertz CT molecular complexity index is 2230. The third-order valence-electron chi connectivity index (χ3n) is 10.4. The summed E-state index contributed by atoms with van der Waals surface area (Å²) in [6.07, 6.45) is 9.82. The average Bonchev–Trinajstić information content (AvgIpc) is 3.08. The number of carbonyl (C=O) groups excluding carboxylic acids is 1. The van der Waals surface area contributed by atoms with Gasteiger partial charge in [-0.1, -0.05) is 125 Å². The summed E-state index contributed by atoms with van der Waals surface area (Å²) in [5.41, 5.74) is 11.9. The summed E-state index contributed by atoms with van der Waals surface area (Å²) in [6.45, 7) is 16.6. The molecule has 0 saturated carbocycles. The molecule has 0 aromatic heterocycles. The second kappa shape index (κ2) is 13.1. The summed E-state index contributed by atoms with van der Waals surface area (Å²) in [4.78, 5) is 13.4. The Morgan fingerprint density at radius 2 is 1.60 bits per heavy atom. The summed E-state index contributed by atoms with van der Waals surface area (Å²) in [5.74, 6) is 0.410. The van der Waals surface area contributed by atoms with Crippen LogP contribution in [0.5, 0.6) is 5.75 Å². The normalized spacial score (nSPS) is 16.3. The number of aryl methyl sites for hydroxylation is 1. The molecule has 254 valence electrons. The van der Waals surface area contributed by atoms with Crippen molar-refractivity contribution in [2.24, 2.45) is 5.41 Å². The lowest BCUT2D eigenvalue weighted by molar-refractivity contribution is -0.136. The van der Waals surface area contributed by atoms with Gasteiger partial charge in [0.15, 0.2) is 0 Å². The van der Waals surface area contributed by atoms with Crippen LogP contribution in [-0.2, 0) is 14.9 Å². The van der Waals surface area contributed by atoms with E-state index >= 15 is 0 Å². The van der Waals surface area contributed by atoms with E-state index in [1.807, 2.05) is 43.3 Å². The minimum atomic E-state index is -0.347. The number of esters is 1. The molecule has 3 heteroatoms. The van der Waals surface area contributed by atoms with E-state index in [0.29, 0.717) is 18.8 Å². The maximum atomic E-state index is 13.4. The van der Waals surface area contributed by atoms with Gasteiger partial charge in [0.05, 0.1) is 18.8 Å². The number of benzene rings is 5. The second-order valence-electron chi connectivity index (χ2n) is 15.3. The van der Waals surface area contributed by atoms with Crippen molar-refractivity contribution >= 4 is 44.7 Å². The Balaban J connectivity index is 1.41. The molecule has 0 fully saturated rings. The van der Waals surface area contributed by atoms with Crippen LogP contribution in [-0.4, -0.2) is 19.2 Å². The molecule has 5 aromatic carbocycles. The molecule has 0 heterocycles. The Hall–Kier alpha value is -4.89. The minimum absolute atomic E-state index is 0.0356. The van der Waals surface area contributed by atoms with E-state index < -0.39 is 0 Å². The van der Waals surface area contributed by atoms with E-state index in [2.05, 4.69) is 108 Å². The number of rotatable bonds is 8. The van der Waals surface area contributed by atoms with Crippen molar-refractivity contribution in [3.05, 3.63) is 130 Å². The first kappa shape index (κ1) is 33.6. The highest BCUT2D eigenvalue weighted by Crippen LogP contribution is 2.51. The molecule has 0 bridgehead atoms. The lowest BCUT2D eigenvalue weighted by Gasteiger charge is -2.40. The van der Waals surface area contributed by atoms with Crippen LogP contribution in [0.1, 0.15) is 88.6 Å². The van der Waals surface area contributed by atoms with Gasteiger partial charge in [0, 0.05) is 5.56 Å². The lowest BCUT2D eigenvalue weighted by atomic mass is 9.64. The van der Waals surface area contributed by atoms with Crippen molar-refractivity contribution in [2.45, 2.75) is 73.1 Å². The first-order valence-corrected chi connectivity index (χ1v) is 18.1. The van der Waals surface area contributed by atoms with Gasteiger partial charge in [-0.15, -0.1) is 0 Å². The van der Waals surface area contributed by atoms with Gasteiger partial charge in [0.25, 0.3) is 0 Å². The van der Waals surface area contributed by atoms with Crippen molar-refractivity contribution < 1.29 is 14.3 Å². The number of allylic oxidation sites excluding steroid dienone is 4. The summed E-state index contributed by atoms with van der Waals surface area (Å²) >= 11 is 0. The number of hydrogen-bond acceptors (Lipinski definition) is 3. The second-order valence-corrected chi connectivity index (χ2v) is 15.3. The van der Waals surface area contributed by atoms with Crippen LogP contribution in [0.15, 0.2) is 103 Å². The molecular weight excluding hydrogens is 613 g/mol. The van der Waals surface area contributed by atoms with Crippen LogP contribution >= 0.6 is 0 Å². The predicted octanol–water partition coefficient (Wildman–Crippen LogP) is 12.3. The molecule has 0 amide bonds. The first-order valence-electron chi connectivity index (χ1n) is 18.1. The molecule has 0 aliphatic heterocycles. The van der Waals surface area contributed by atoms with Crippen LogP contribution in [0.3, 0.4) is 0 Å². The molecule has 3 nitrogen and oxygen atoms in total. The fraction of sp³-hybridized carbons (Fsp3) is 0.298. The third kappa shape index (κ3) is 6.08. The van der Waals surface area contributed by atoms with Gasteiger partial charge in [-0.3, -0.25) is 0 Å². The molecule has 7 rings (SSSR count). The van der Waals surface area contributed by atoms with Gasteiger partial charge in [0.2, 0.25) is 0 Å². The van der Waals surface area contributed by atoms with Crippen molar-refractivity contribution in [3.8, 4) is 16.9 Å². The van der Waals surface area contributed by atoms with Crippen LogP contribution in [0.2, 0.25) is 0 Å². The zero-order valence-corrected chi connectivity index (χ0v) is 30.6. The molecule has 0 saturated heterocycles. The standard InChI is InChI=1S/C47H48O3/c1-8-24-50-43-21-20-37-35(16-13-17-36(37)42(43)27-41(45(48)49-9-2)31-14-11-10-12-15-31)39-26-32-18-19-38-34-22-23-46(4,5)28-33(34)29-47(6,7)44(38)40(32)25-30(39)3/h10-23,25-27H,8-9,24,28-29H2,1-7H3. The monoisotopic (exact) mass is 660 g/mol. The van der Waals surface area contributed by atoms with Crippen molar-refractivity contribution in [1.29, 1.82) is 0 Å². The molecular formula is C47H48O3. The molecule has 0 unspecified atom stereocenters. The van der Waals surface area contributed by atoms with E-state index in [4.69, 9.17) is 9.47 Å². The average molecular weight is 661 g/mol. The first-order chi connectivity index (χ1) is 24.0. The van der Waals surface area contributed by atoms with E-state index in [-0.39, 0.29) is 16.8 Å². The van der Waals surface area contributed by atoms with Crippen LogP contribution in [0, 0.1) is 12.3 Å². The Morgan fingerprint density at radius 3 is 2.36 bits per heavy atom. The van der Waals surface area contributed by atoms with Gasteiger partial charge in [0.1, 0.15) is 5.75 Å². The molecule has 0 radical (unpaired) electrons. The van der Waals surface area contributed by atoms with Gasteiger partial charge in [-0.2, -0.15) is 0 Å². The number of hydrogen-bond donors (Lipinski definition) is 0. The van der Waals surface area contributed by atoms with Crippen molar-refractivity contribution in [3.63, 3.8) is 0 Å². The third-order valence-corrected chi connectivity index (χ3v) is 10.4. The van der Waals surface area contributed by atoms with E-state index in [0.717, 1.165) is 52.5 Å². The summed E-state index contributed by atoms with van der Waals surface area (Å²) in [6, 6.07) is 29.9. The van der Waals surface area contributed by atoms with Crippen molar-refractivity contribution in [1.82, 2.24) is 0 Å². The molecule has 5 aromatic rings. The zero-order valence-electron chi connectivity index (χ0n) is 30.6. The smallest absolute Gasteiger partial charge is 0.338 e. The molecule has 0 atom stereocenters. The number of ether oxygens (including phenoxy) is 2. The molecule has 2 aliphatic carbocycles. The topological polar surface area (TPSA) is 35.5 Å². The van der Waals surface area contributed by atoms with E-state index in [9.17, 15) is 4.79 Å². The maximum Gasteiger partial charge on any atom is 0.338 e. The van der Waals surface area contributed by atoms with Gasteiger partial charge < -0.3 is 9.47 Å². The lowest BCUT2D eigenvalue weighted by Crippen LogP contribution is -2.27. The molecule has 50 heavy (non-hydrogen) atoms. The van der Waals surface area contributed by atoms with Crippen LogP contribution < -0.4 is 4.74 Å². The number of carbonyl (C=O) groups is 1. The Kier molecular flexibility index (Phi) is 8.80. The van der Waals surface area contributed by atoms with Gasteiger partial charge in [-0.25, -0.2) is 4.79 Å². The summed E-state index contributed by atoms with van der Waals surface area (Å²) in [7, 11) is 0. The van der Waals surface area contributed by atoms with Crippen molar-refractivity contribution in [2.75, 3.05) is 13.2 Å². The fourth-order valence-corrected chi connectivity index (χ4v) is 8.23. The van der Waals surface area contributed by atoms with E-state index in [1.54, 1.807) is 5.57 Å². The quantitative estimate of drug-likeness (QED) is 0.0944. The maximum absolute atomic E-state index is 13.4. The Morgan fingerprint density at radius 1 is 0.800 bits per heavy atom. The molecule has 0 N–H and O–H groups in total. The summed E-state index contributed by atoms with van der Waals surface area (Å²) < 4.78 is 11.9. The number of fused-ring (bicyclic) bond motifs is 5. The fourth-order valence-electron chi connectivity index (χ4n) is 8.23. The van der Waals surface area contributed by atoms with Gasteiger partial charge in [-0.05, 0) is 123 Å². The zero-order chi connectivity index (χ0) is 35.2. The predicted molar refractivity (Wildman–Crippen MR) is 210 cm³/mol. The summed E-state index contributed by atoms with van der Waals surface area (Å²) in [5, 5.41) is 4.76.